The van der Waals surface area contributed by atoms with E-state index in [1.165, 1.54) is 0 Å². The molecule has 0 saturated heterocycles. The van der Waals surface area contributed by atoms with Crippen molar-refractivity contribution in [1.82, 2.24) is 5.32 Å². The maximum atomic E-state index is 13.2. The van der Waals surface area contributed by atoms with E-state index in [9.17, 15) is 9.90 Å². The monoisotopic (exact) mass is 701 g/mol. The molecule has 0 aromatic heterocycles. The summed E-state index contributed by atoms with van der Waals surface area (Å²) in [7, 11) is 0. The van der Waals surface area contributed by atoms with Crippen LogP contribution in [0.1, 0.15) is 34.2 Å². The van der Waals surface area contributed by atoms with E-state index < -0.39 is 12.1 Å². The van der Waals surface area contributed by atoms with E-state index in [0.717, 1.165) is 33.4 Å². The second kappa shape index (κ2) is 20.6. The van der Waals surface area contributed by atoms with Gasteiger partial charge in [-0.05, 0) is 105 Å². The second-order valence-corrected chi connectivity index (χ2v) is 10.8. The molecule has 1 atom stereocenters. The molecular weight excluding hydrogens is 679 g/mol. The number of rotatable bonds is 6. The summed E-state index contributed by atoms with van der Waals surface area (Å²) in [5.41, 5.74) is 6.06. The molecule has 0 aliphatic heterocycles. The van der Waals surface area contributed by atoms with Gasteiger partial charge in [0.1, 0.15) is 24.2 Å². The molecule has 5 rings (SSSR count). The van der Waals surface area contributed by atoms with Crippen LogP contribution in [0.2, 0.25) is 0 Å². The van der Waals surface area contributed by atoms with Gasteiger partial charge in [-0.25, -0.2) is 4.79 Å². The molecule has 2 N–H and O–H groups in total. The highest BCUT2D eigenvalue weighted by Crippen LogP contribution is 2.44. The summed E-state index contributed by atoms with van der Waals surface area (Å²) in [4.78, 5) is 13.2. The summed E-state index contributed by atoms with van der Waals surface area (Å²) < 4.78 is 11.3. The zero-order chi connectivity index (χ0) is 38.3. The highest BCUT2D eigenvalue weighted by atomic mass is 16.5. The molecule has 5 nitrogen and oxygen atoms in total. The van der Waals surface area contributed by atoms with Gasteiger partial charge in [0, 0.05) is 77.0 Å². The zero-order valence-electron chi connectivity index (χ0n) is 28.8. The van der Waals surface area contributed by atoms with Gasteiger partial charge in [0.05, 0.1) is 6.04 Å². The Kier molecular flexibility index (Phi) is 13.9. The van der Waals surface area contributed by atoms with Gasteiger partial charge >= 0.3 is 6.09 Å². The number of terminal acetylenes is 1. The standard InChI is InChI=1S/C50H23NO4/c1-2-3-4-5-6-7-8-9-10-11-12-13-14-15-16-17-18-19-20-25-38-54-43-36-32-41(33-37-43)49(40-30-34-42(52)35-31-40)51-50(53)55-39-48-46-28-23-21-26-44(46)45-27-22-24-29-47(45)48/h1,21-24,26-37,48-49,52H,39H2,(H,51,53). The number of benzene rings is 4. The average Bonchev–Trinajstić information content (AvgIpc) is 3.54. The van der Waals surface area contributed by atoms with Gasteiger partial charge in [-0.15, -0.1) is 6.42 Å². The molecule has 5 heteroatoms. The number of hydrogen-bond donors (Lipinski definition) is 2. The van der Waals surface area contributed by atoms with Crippen LogP contribution in [0, 0.1) is 131 Å². The Labute approximate surface area is 321 Å². The molecule has 1 unspecified atom stereocenters. The topological polar surface area (TPSA) is 67.8 Å². The number of carbonyl (C=O) groups is 1. The third kappa shape index (κ3) is 11.5. The summed E-state index contributed by atoms with van der Waals surface area (Å²) in [6, 6.07) is 29.4. The zero-order valence-corrected chi connectivity index (χ0v) is 28.8. The number of phenols is 1. The lowest BCUT2D eigenvalue weighted by Crippen LogP contribution is -2.31. The number of hydrogen-bond acceptors (Lipinski definition) is 4. The predicted molar refractivity (Wildman–Crippen MR) is 212 cm³/mol. The number of amides is 1. The van der Waals surface area contributed by atoms with Crippen LogP contribution in [-0.2, 0) is 4.74 Å². The molecule has 0 heterocycles. The molecule has 0 radical (unpaired) electrons. The van der Waals surface area contributed by atoms with E-state index in [1.54, 1.807) is 36.4 Å². The lowest BCUT2D eigenvalue weighted by molar-refractivity contribution is 0.140. The first kappa shape index (κ1) is 37.2. The summed E-state index contributed by atoms with van der Waals surface area (Å²) in [6.45, 7) is 0.179. The van der Waals surface area contributed by atoms with Gasteiger partial charge in [0.25, 0.3) is 0 Å². The van der Waals surface area contributed by atoms with Crippen LogP contribution < -0.4 is 10.1 Å². The lowest BCUT2D eigenvalue weighted by Gasteiger charge is -2.21. The van der Waals surface area contributed by atoms with Crippen molar-refractivity contribution >= 4 is 6.09 Å². The number of aromatic hydroxyl groups is 1. The molecule has 0 spiro atoms. The Morgan fingerprint density at radius 1 is 0.582 bits per heavy atom. The van der Waals surface area contributed by atoms with E-state index in [2.05, 4.69) is 154 Å². The van der Waals surface area contributed by atoms with Crippen LogP contribution >= 0.6 is 0 Å². The third-order valence-corrected chi connectivity index (χ3v) is 7.46. The summed E-state index contributed by atoms with van der Waals surface area (Å²) in [5, 5.41) is 12.9. The SMILES string of the molecule is C#CC#CC#CC#CC#CC#CC#CC#CC#CC#CC#COc1ccc(C(NC(=O)OCC2c3ccccc3-c3ccccc32)c2ccc(O)cc2)cc1. The number of phenolic OH excluding ortho intramolecular Hbond substituents is 1. The molecule has 4 aromatic carbocycles. The average molecular weight is 702 g/mol. The highest BCUT2D eigenvalue weighted by molar-refractivity contribution is 5.79. The van der Waals surface area contributed by atoms with Crippen molar-refractivity contribution < 1.29 is 19.4 Å². The van der Waals surface area contributed by atoms with E-state index >= 15 is 0 Å². The molecule has 0 saturated carbocycles. The molecule has 4 aromatic rings. The quantitative estimate of drug-likeness (QED) is 0.242. The van der Waals surface area contributed by atoms with Crippen LogP contribution in [-0.4, -0.2) is 17.8 Å². The molecule has 1 amide bonds. The van der Waals surface area contributed by atoms with Crippen molar-refractivity contribution in [3.63, 3.8) is 0 Å². The first-order chi connectivity index (χ1) is 27.1. The van der Waals surface area contributed by atoms with Crippen LogP contribution in [0.4, 0.5) is 4.79 Å². The van der Waals surface area contributed by atoms with Crippen LogP contribution in [0.15, 0.2) is 97.1 Å². The van der Waals surface area contributed by atoms with Crippen LogP contribution in [0.3, 0.4) is 0 Å². The fraction of sp³-hybridized carbons (Fsp3) is 0.0600. The minimum Gasteiger partial charge on any atom is -0.508 e. The molecule has 0 bridgehead atoms. The van der Waals surface area contributed by atoms with Crippen molar-refractivity contribution in [3.8, 4) is 154 Å². The molecular formula is C50H23NO4. The van der Waals surface area contributed by atoms with Crippen LogP contribution in [0.25, 0.3) is 11.1 Å². The van der Waals surface area contributed by atoms with Crippen molar-refractivity contribution in [1.29, 1.82) is 0 Å². The Morgan fingerprint density at radius 3 is 1.47 bits per heavy atom. The van der Waals surface area contributed by atoms with Gasteiger partial charge < -0.3 is 19.9 Å². The number of alkyl carbamates (subject to hydrolysis) is 1. The summed E-state index contributed by atoms with van der Waals surface area (Å²) in [5.74, 6) is 50.2. The minimum absolute atomic E-state index is 0.0714. The number of fused-ring (bicyclic) bond motifs is 3. The van der Waals surface area contributed by atoms with Crippen molar-refractivity contribution in [2.24, 2.45) is 0 Å². The fourth-order valence-corrected chi connectivity index (χ4v) is 5.19. The number of nitrogens with one attached hydrogen (secondary N) is 1. The first-order valence-corrected chi connectivity index (χ1v) is 16.3. The Bertz CT molecular complexity index is 2770. The molecule has 55 heavy (non-hydrogen) atoms. The molecule has 252 valence electrons. The molecule has 1 aliphatic rings. The second-order valence-electron chi connectivity index (χ2n) is 10.8. The van der Waals surface area contributed by atoms with E-state index in [4.69, 9.17) is 15.9 Å². The smallest absolute Gasteiger partial charge is 0.407 e. The Morgan fingerprint density at radius 2 is 1.00 bits per heavy atom. The van der Waals surface area contributed by atoms with Crippen molar-refractivity contribution in [2.45, 2.75) is 12.0 Å². The van der Waals surface area contributed by atoms with Gasteiger partial charge in [0.15, 0.2) is 0 Å². The van der Waals surface area contributed by atoms with E-state index in [0.29, 0.717) is 5.75 Å². The van der Waals surface area contributed by atoms with E-state index in [-0.39, 0.29) is 18.3 Å². The molecule has 1 aliphatic carbocycles. The summed E-state index contributed by atoms with van der Waals surface area (Å²) in [6.07, 6.45) is 6.91. The van der Waals surface area contributed by atoms with Crippen molar-refractivity contribution in [3.05, 3.63) is 119 Å². The fourth-order valence-electron chi connectivity index (χ4n) is 5.19. The van der Waals surface area contributed by atoms with Gasteiger partial charge in [-0.1, -0.05) is 72.8 Å². The minimum atomic E-state index is -0.572. The highest BCUT2D eigenvalue weighted by Gasteiger charge is 2.29. The number of ether oxygens (including phenoxy) is 2. The number of carbonyl (C=O) groups excluding carboxylic acids is 1. The van der Waals surface area contributed by atoms with Gasteiger partial charge in [-0.2, -0.15) is 0 Å². The van der Waals surface area contributed by atoms with Gasteiger partial charge in [-0.3, -0.25) is 0 Å². The lowest BCUT2D eigenvalue weighted by atomic mass is 9.98. The van der Waals surface area contributed by atoms with Crippen molar-refractivity contribution in [2.75, 3.05) is 6.61 Å². The Balaban J connectivity index is 1.13. The van der Waals surface area contributed by atoms with Crippen LogP contribution in [0.5, 0.6) is 11.5 Å². The van der Waals surface area contributed by atoms with E-state index in [1.807, 2.05) is 36.4 Å². The normalized spacial score (nSPS) is 9.51. The maximum absolute atomic E-state index is 13.2. The predicted octanol–water partition coefficient (Wildman–Crippen LogP) is 6.02. The summed E-state index contributed by atoms with van der Waals surface area (Å²) >= 11 is 0. The Hall–Kier alpha value is -9.09. The molecule has 0 fully saturated rings. The van der Waals surface area contributed by atoms with Gasteiger partial charge in [0.2, 0.25) is 0 Å². The largest absolute Gasteiger partial charge is 0.508 e. The first-order valence-electron chi connectivity index (χ1n) is 16.3. The third-order valence-electron chi connectivity index (χ3n) is 7.46. The maximum Gasteiger partial charge on any atom is 0.407 e.